The molecule has 0 aliphatic heterocycles. The highest BCUT2D eigenvalue weighted by atomic mass is 32.2. The molecule has 2 nitrogen and oxygen atoms in total. The number of hydrogen-bond acceptors (Lipinski definition) is 3. The highest BCUT2D eigenvalue weighted by molar-refractivity contribution is 8.03. The summed E-state index contributed by atoms with van der Waals surface area (Å²) >= 11 is 1.98. The maximum absolute atomic E-state index is 5.38. The Balaban J connectivity index is 2.05. The number of ether oxygens (including phenoxy) is 1. The first-order chi connectivity index (χ1) is 12.6. The summed E-state index contributed by atoms with van der Waals surface area (Å²) in [4.78, 5) is 4.00. The maximum atomic E-state index is 5.38. The summed E-state index contributed by atoms with van der Waals surface area (Å²) in [5.74, 6) is 2.04. The third-order valence-electron chi connectivity index (χ3n) is 4.43. The number of aryl methyl sites for hydroxylation is 1. The van der Waals surface area contributed by atoms with E-state index in [0.29, 0.717) is 0 Å². The van der Waals surface area contributed by atoms with E-state index in [0.717, 1.165) is 37.6 Å². The Hall–Kier alpha value is -1.71. The molecule has 0 fully saturated rings. The molecule has 0 saturated heterocycles. The van der Waals surface area contributed by atoms with Crippen LogP contribution in [0.2, 0.25) is 0 Å². The second-order valence-corrected chi connectivity index (χ2v) is 7.73. The van der Waals surface area contributed by atoms with Gasteiger partial charge in [-0.15, -0.1) is 11.8 Å². The monoisotopic (exact) mass is 369 g/mol. The molecule has 0 atom stereocenters. The molecule has 2 aromatic carbocycles. The summed E-state index contributed by atoms with van der Waals surface area (Å²) in [5.41, 5.74) is 3.97. The van der Waals surface area contributed by atoms with Crippen molar-refractivity contribution in [3.8, 4) is 5.75 Å². The Morgan fingerprint density at radius 3 is 2.46 bits per heavy atom. The summed E-state index contributed by atoms with van der Waals surface area (Å²) in [6.07, 6.45) is 3.35. The third kappa shape index (κ3) is 6.89. The van der Waals surface area contributed by atoms with Crippen LogP contribution in [0.5, 0.6) is 5.75 Å². The minimum absolute atomic E-state index is 0.925. The van der Waals surface area contributed by atoms with Crippen molar-refractivity contribution in [3.63, 3.8) is 0 Å². The summed E-state index contributed by atoms with van der Waals surface area (Å²) in [5, 5.41) is 0. The lowest BCUT2D eigenvalue weighted by Gasteiger charge is -2.23. The first-order valence-electron chi connectivity index (χ1n) is 9.33. The molecule has 140 valence electrons. The lowest BCUT2D eigenvalue weighted by atomic mass is 10.1. The van der Waals surface area contributed by atoms with Gasteiger partial charge in [0, 0.05) is 25.4 Å². The van der Waals surface area contributed by atoms with E-state index in [4.69, 9.17) is 4.74 Å². The minimum Gasteiger partial charge on any atom is -0.497 e. The minimum atomic E-state index is 0.925. The van der Waals surface area contributed by atoms with Crippen molar-refractivity contribution in [2.45, 2.75) is 40.3 Å². The molecule has 0 aliphatic rings. The molecule has 0 amide bonds. The Kier molecular flexibility index (Phi) is 8.79. The van der Waals surface area contributed by atoms with Crippen LogP contribution in [0.25, 0.3) is 0 Å². The zero-order chi connectivity index (χ0) is 18.8. The average Bonchev–Trinajstić information content (AvgIpc) is 2.67. The third-order valence-corrected chi connectivity index (χ3v) is 5.71. The van der Waals surface area contributed by atoms with Gasteiger partial charge in [-0.25, -0.2) is 0 Å². The largest absolute Gasteiger partial charge is 0.497 e. The van der Waals surface area contributed by atoms with Crippen LogP contribution in [0, 0.1) is 6.92 Å². The Bertz CT molecular complexity index is 694. The van der Waals surface area contributed by atoms with Gasteiger partial charge in [-0.05, 0) is 48.4 Å². The predicted octanol–water partition coefficient (Wildman–Crippen LogP) is 6.05. The molecule has 0 radical (unpaired) electrons. The Morgan fingerprint density at radius 1 is 1.08 bits per heavy atom. The first-order valence-corrected chi connectivity index (χ1v) is 10.3. The molecule has 0 bridgehead atoms. The number of benzene rings is 2. The van der Waals surface area contributed by atoms with E-state index in [9.17, 15) is 0 Å². The molecule has 0 saturated carbocycles. The van der Waals surface area contributed by atoms with Crippen LogP contribution in [-0.2, 0) is 13.1 Å². The van der Waals surface area contributed by atoms with Crippen LogP contribution in [0.1, 0.15) is 37.0 Å². The zero-order valence-corrected chi connectivity index (χ0v) is 17.3. The number of hydrogen-bond donors (Lipinski definition) is 0. The molecule has 3 heteroatoms. The quantitative estimate of drug-likeness (QED) is 0.505. The molecule has 0 heterocycles. The molecule has 0 aromatic heterocycles. The smallest absolute Gasteiger partial charge is 0.119 e. The van der Waals surface area contributed by atoms with Gasteiger partial charge in [0.1, 0.15) is 5.75 Å². The molecule has 0 aliphatic carbocycles. The van der Waals surface area contributed by atoms with Crippen molar-refractivity contribution in [1.82, 2.24) is 4.90 Å². The van der Waals surface area contributed by atoms with Crippen molar-refractivity contribution in [1.29, 1.82) is 0 Å². The first kappa shape index (κ1) is 20.6. The average molecular weight is 370 g/mol. The van der Waals surface area contributed by atoms with Crippen LogP contribution in [-0.4, -0.2) is 24.3 Å². The van der Waals surface area contributed by atoms with Gasteiger partial charge in [0.25, 0.3) is 0 Å². The van der Waals surface area contributed by atoms with Crippen molar-refractivity contribution in [3.05, 3.63) is 76.2 Å². The van der Waals surface area contributed by atoms with E-state index in [1.807, 2.05) is 17.8 Å². The Morgan fingerprint density at radius 2 is 1.81 bits per heavy atom. The number of allylic oxidation sites excluding steroid dienone is 2. The zero-order valence-electron chi connectivity index (χ0n) is 16.5. The predicted molar refractivity (Wildman–Crippen MR) is 115 cm³/mol. The van der Waals surface area contributed by atoms with Gasteiger partial charge in [-0.3, -0.25) is 4.90 Å². The molecule has 2 aromatic rings. The van der Waals surface area contributed by atoms with Crippen molar-refractivity contribution in [2.75, 3.05) is 19.4 Å². The summed E-state index contributed by atoms with van der Waals surface area (Å²) in [6, 6.07) is 17.3. The normalized spacial score (nSPS) is 11.8. The summed E-state index contributed by atoms with van der Waals surface area (Å²) in [7, 11) is 1.73. The van der Waals surface area contributed by atoms with Gasteiger partial charge in [-0.2, -0.15) is 0 Å². The molecule has 2 rings (SSSR count). The summed E-state index contributed by atoms with van der Waals surface area (Å²) < 4.78 is 5.38. The van der Waals surface area contributed by atoms with Gasteiger partial charge >= 0.3 is 0 Å². The van der Waals surface area contributed by atoms with Crippen LogP contribution >= 0.6 is 11.8 Å². The molecule has 26 heavy (non-hydrogen) atoms. The lowest BCUT2D eigenvalue weighted by molar-refractivity contribution is 0.273. The van der Waals surface area contributed by atoms with E-state index >= 15 is 0 Å². The number of rotatable bonds is 10. The Labute approximate surface area is 163 Å². The van der Waals surface area contributed by atoms with Gasteiger partial charge < -0.3 is 4.74 Å². The van der Waals surface area contributed by atoms with Crippen molar-refractivity contribution >= 4 is 11.8 Å². The van der Waals surface area contributed by atoms with Crippen molar-refractivity contribution < 1.29 is 4.74 Å². The number of methoxy groups -OCH3 is 1. The van der Waals surface area contributed by atoms with Crippen LogP contribution in [0.4, 0.5) is 0 Å². The van der Waals surface area contributed by atoms with Gasteiger partial charge in [0.05, 0.1) is 7.11 Å². The highest BCUT2D eigenvalue weighted by Crippen LogP contribution is 2.21. The van der Waals surface area contributed by atoms with Crippen LogP contribution < -0.4 is 4.74 Å². The van der Waals surface area contributed by atoms with Crippen LogP contribution in [0.3, 0.4) is 0 Å². The fourth-order valence-corrected chi connectivity index (χ4v) is 3.87. The van der Waals surface area contributed by atoms with Crippen molar-refractivity contribution in [2.24, 2.45) is 0 Å². The second kappa shape index (κ2) is 11.1. The molecule has 0 spiro atoms. The SMILES string of the molecule is CC=C(CC)SCCN(Cc1ccc(C)cc1)Cc1cccc(OC)c1. The van der Waals surface area contributed by atoms with Gasteiger partial charge in [0.15, 0.2) is 0 Å². The molecule has 0 unspecified atom stereocenters. The van der Waals surface area contributed by atoms with Gasteiger partial charge in [0.2, 0.25) is 0 Å². The molecular weight excluding hydrogens is 338 g/mol. The fraction of sp³-hybridized carbons (Fsp3) is 0.391. The number of nitrogens with zero attached hydrogens (tertiary/aromatic N) is 1. The highest BCUT2D eigenvalue weighted by Gasteiger charge is 2.09. The molecule has 0 N–H and O–H groups in total. The van der Waals surface area contributed by atoms with E-state index in [2.05, 4.69) is 74.2 Å². The second-order valence-electron chi connectivity index (χ2n) is 6.50. The van der Waals surface area contributed by atoms with E-state index in [1.165, 1.54) is 21.6 Å². The lowest BCUT2D eigenvalue weighted by Crippen LogP contribution is -2.25. The molecular formula is C23H31NOS. The summed E-state index contributed by atoms with van der Waals surface area (Å²) in [6.45, 7) is 9.46. The fourth-order valence-electron chi connectivity index (χ4n) is 2.89. The van der Waals surface area contributed by atoms with Gasteiger partial charge in [-0.1, -0.05) is 55.0 Å². The number of thioether (sulfide) groups is 1. The van der Waals surface area contributed by atoms with E-state index in [-0.39, 0.29) is 0 Å². The maximum Gasteiger partial charge on any atom is 0.119 e. The standard InChI is InChI=1S/C23H31NOS/c1-5-23(6-2)26-15-14-24(17-20-12-10-19(3)11-13-20)18-21-8-7-9-22(16-21)25-4/h5,7-13,16H,6,14-15,17-18H2,1-4H3. The topological polar surface area (TPSA) is 12.5 Å². The van der Waals surface area contributed by atoms with E-state index < -0.39 is 0 Å². The van der Waals surface area contributed by atoms with E-state index in [1.54, 1.807) is 7.11 Å². The van der Waals surface area contributed by atoms with Crippen LogP contribution in [0.15, 0.2) is 59.5 Å².